The van der Waals surface area contributed by atoms with Crippen LogP contribution in [-0.2, 0) is 10.2 Å². The van der Waals surface area contributed by atoms with E-state index in [2.05, 4.69) is 20.8 Å². The van der Waals surface area contributed by atoms with E-state index in [1.807, 2.05) is 25.1 Å². The molecule has 1 rings (SSSR count). The molecule has 0 radical (unpaired) electrons. The van der Waals surface area contributed by atoms with E-state index >= 15 is 0 Å². The number of ether oxygens (including phenoxy) is 1. The van der Waals surface area contributed by atoms with Crippen LogP contribution in [-0.4, -0.2) is 5.97 Å². The molecule has 2 heteroatoms. The molecule has 2 nitrogen and oxygen atoms in total. The van der Waals surface area contributed by atoms with Crippen LogP contribution < -0.4 is 4.74 Å². The van der Waals surface area contributed by atoms with Crippen LogP contribution in [0.1, 0.15) is 45.2 Å². The van der Waals surface area contributed by atoms with Crippen molar-refractivity contribution >= 4 is 5.97 Å². The number of carbonyl (C=O) groups is 1. The van der Waals surface area contributed by atoms with Gasteiger partial charge in [0.2, 0.25) is 0 Å². The molecule has 1 aromatic rings. The number of aryl methyl sites for hydroxylation is 1. The fraction of sp³-hybridized carbons (Fsp3) is 0.500. The van der Waals surface area contributed by atoms with Gasteiger partial charge in [-0.15, -0.1) is 0 Å². The highest BCUT2D eigenvalue weighted by atomic mass is 16.5. The van der Waals surface area contributed by atoms with E-state index in [9.17, 15) is 4.79 Å². The minimum Gasteiger partial charge on any atom is -0.427 e. The first-order valence-corrected chi connectivity index (χ1v) is 5.66. The van der Waals surface area contributed by atoms with Gasteiger partial charge >= 0.3 is 5.97 Å². The molecule has 0 amide bonds. The fourth-order valence-electron chi connectivity index (χ4n) is 1.74. The Kier molecular flexibility index (Phi) is 3.74. The van der Waals surface area contributed by atoms with Crippen molar-refractivity contribution in [3.8, 4) is 5.75 Å². The van der Waals surface area contributed by atoms with Gasteiger partial charge in [-0.3, -0.25) is 4.79 Å². The molecule has 0 heterocycles. The van der Waals surface area contributed by atoms with Crippen molar-refractivity contribution in [3.05, 3.63) is 29.3 Å². The molecule has 0 fully saturated rings. The van der Waals surface area contributed by atoms with Crippen LogP contribution in [0.4, 0.5) is 0 Å². The van der Waals surface area contributed by atoms with Gasteiger partial charge in [0, 0.05) is 6.42 Å². The van der Waals surface area contributed by atoms with Crippen LogP contribution in [0, 0.1) is 6.92 Å². The fourth-order valence-corrected chi connectivity index (χ4v) is 1.74. The highest BCUT2D eigenvalue weighted by molar-refractivity contribution is 5.72. The van der Waals surface area contributed by atoms with Gasteiger partial charge in [-0.05, 0) is 35.6 Å². The average Bonchev–Trinajstić information content (AvgIpc) is 2.15. The maximum Gasteiger partial charge on any atom is 0.310 e. The summed E-state index contributed by atoms with van der Waals surface area (Å²) in [5.74, 6) is 0.445. The third kappa shape index (κ3) is 3.09. The van der Waals surface area contributed by atoms with Gasteiger partial charge < -0.3 is 4.74 Å². The van der Waals surface area contributed by atoms with Crippen molar-refractivity contribution in [2.45, 2.75) is 46.5 Å². The van der Waals surface area contributed by atoms with Crippen molar-refractivity contribution in [1.29, 1.82) is 0 Å². The monoisotopic (exact) mass is 220 g/mol. The van der Waals surface area contributed by atoms with Crippen LogP contribution in [0.3, 0.4) is 0 Å². The molecule has 0 bridgehead atoms. The van der Waals surface area contributed by atoms with Crippen LogP contribution in [0.15, 0.2) is 18.2 Å². The number of hydrogen-bond acceptors (Lipinski definition) is 2. The minimum atomic E-state index is -0.192. The van der Waals surface area contributed by atoms with Crippen molar-refractivity contribution in [2.24, 2.45) is 0 Å². The Morgan fingerprint density at radius 3 is 2.38 bits per heavy atom. The van der Waals surface area contributed by atoms with Crippen LogP contribution in [0.5, 0.6) is 5.75 Å². The second kappa shape index (κ2) is 4.69. The number of esters is 1. The lowest BCUT2D eigenvalue weighted by molar-refractivity contribution is -0.134. The Morgan fingerprint density at radius 2 is 1.94 bits per heavy atom. The zero-order chi connectivity index (χ0) is 12.3. The summed E-state index contributed by atoms with van der Waals surface area (Å²) in [7, 11) is 0. The third-order valence-corrected chi connectivity index (χ3v) is 2.53. The maximum atomic E-state index is 11.2. The van der Waals surface area contributed by atoms with E-state index in [-0.39, 0.29) is 11.4 Å². The number of hydrogen-bond donors (Lipinski definition) is 0. The first-order chi connectivity index (χ1) is 7.34. The van der Waals surface area contributed by atoms with Gasteiger partial charge in [0.05, 0.1) is 0 Å². The molecule has 0 aromatic heterocycles. The first-order valence-electron chi connectivity index (χ1n) is 5.66. The number of carbonyl (C=O) groups excluding carboxylic acids is 1. The standard InChI is InChI=1S/C14H20O2/c1-6-13(15)16-11-7-8-12(10(2)9-11)14(3,4)5/h7-9H,6H2,1-5H3. The summed E-state index contributed by atoms with van der Waals surface area (Å²) in [6.45, 7) is 10.4. The molecule has 0 unspecified atom stereocenters. The molecule has 16 heavy (non-hydrogen) atoms. The first kappa shape index (κ1) is 12.8. The van der Waals surface area contributed by atoms with E-state index in [0.29, 0.717) is 12.2 Å². The normalized spacial score (nSPS) is 11.3. The van der Waals surface area contributed by atoms with Crippen molar-refractivity contribution < 1.29 is 9.53 Å². The largest absolute Gasteiger partial charge is 0.427 e. The summed E-state index contributed by atoms with van der Waals surface area (Å²) >= 11 is 0. The Balaban J connectivity index is 2.96. The summed E-state index contributed by atoms with van der Waals surface area (Å²) in [5, 5.41) is 0. The lowest BCUT2D eigenvalue weighted by Crippen LogP contribution is -2.13. The Morgan fingerprint density at radius 1 is 1.31 bits per heavy atom. The molecular weight excluding hydrogens is 200 g/mol. The summed E-state index contributed by atoms with van der Waals surface area (Å²) in [4.78, 5) is 11.2. The molecule has 0 aliphatic rings. The average molecular weight is 220 g/mol. The summed E-state index contributed by atoms with van der Waals surface area (Å²) in [6, 6.07) is 5.82. The third-order valence-electron chi connectivity index (χ3n) is 2.53. The zero-order valence-corrected chi connectivity index (χ0v) is 10.8. The van der Waals surface area contributed by atoms with E-state index in [1.54, 1.807) is 6.92 Å². The van der Waals surface area contributed by atoms with E-state index < -0.39 is 0 Å². The highest BCUT2D eigenvalue weighted by Gasteiger charge is 2.16. The Bertz CT molecular complexity index is 386. The molecular formula is C14H20O2. The van der Waals surface area contributed by atoms with Crippen LogP contribution in [0.2, 0.25) is 0 Å². The van der Waals surface area contributed by atoms with E-state index in [1.165, 1.54) is 5.56 Å². The zero-order valence-electron chi connectivity index (χ0n) is 10.8. The molecule has 0 saturated carbocycles. The Labute approximate surface area is 97.6 Å². The number of benzene rings is 1. The molecule has 1 aromatic carbocycles. The molecule has 0 aliphatic carbocycles. The van der Waals surface area contributed by atoms with Gasteiger partial charge in [-0.1, -0.05) is 33.8 Å². The van der Waals surface area contributed by atoms with Crippen molar-refractivity contribution in [3.63, 3.8) is 0 Å². The van der Waals surface area contributed by atoms with Gasteiger partial charge in [0.1, 0.15) is 5.75 Å². The highest BCUT2D eigenvalue weighted by Crippen LogP contribution is 2.28. The van der Waals surface area contributed by atoms with Crippen LogP contribution in [0.25, 0.3) is 0 Å². The van der Waals surface area contributed by atoms with Gasteiger partial charge in [0.25, 0.3) is 0 Å². The molecule has 88 valence electrons. The van der Waals surface area contributed by atoms with E-state index in [0.717, 1.165) is 5.56 Å². The van der Waals surface area contributed by atoms with Gasteiger partial charge in [-0.2, -0.15) is 0 Å². The molecule has 0 saturated heterocycles. The summed E-state index contributed by atoms with van der Waals surface area (Å²) < 4.78 is 5.17. The SMILES string of the molecule is CCC(=O)Oc1ccc(C(C)(C)C)c(C)c1. The molecule has 0 spiro atoms. The Hall–Kier alpha value is -1.31. The summed E-state index contributed by atoms with van der Waals surface area (Å²) in [6.07, 6.45) is 0.403. The van der Waals surface area contributed by atoms with Crippen molar-refractivity contribution in [1.82, 2.24) is 0 Å². The quantitative estimate of drug-likeness (QED) is 0.562. The molecule has 0 aliphatic heterocycles. The summed E-state index contributed by atoms with van der Waals surface area (Å²) in [5.41, 5.74) is 2.56. The van der Waals surface area contributed by atoms with Crippen LogP contribution >= 0.6 is 0 Å². The smallest absolute Gasteiger partial charge is 0.310 e. The molecule has 0 N–H and O–H groups in total. The van der Waals surface area contributed by atoms with Gasteiger partial charge in [0.15, 0.2) is 0 Å². The molecule has 0 atom stereocenters. The second-order valence-corrected chi connectivity index (χ2v) is 5.05. The predicted octanol–water partition coefficient (Wildman–Crippen LogP) is 3.61. The number of rotatable bonds is 2. The lowest BCUT2D eigenvalue weighted by atomic mass is 9.84. The topological polar surface area (TPSA) is 26.3 Å². The van der Waals surface area contributed by atoms with E-state index in [4.69, 9.17) is 4.74 Å². The van der Waals surface area contributed by atoms with Gasteiger partial charge in [-0.25, -0.2) is 0 Å². The minimum absolute atomic E-state index is 0.122. The lowest BCUT2D eigenvalue weighted by Gasteiger charge is -2.22. The van der Waals surface area contributed by atoms with Crippen molar-refractivity contribution in [2.75, 3.05) is 0 Å². The predicted molar refractivity (Wildman–Crippen MR) is 65.8 cm³/mol. The second-order valence-electron chi connectivity index (χ2n) is 5.05. The maximum absolute atomic E-state index is 11.2.